The molecule has 162 valence electrons. The van der Waals surface area contributed by atoms with Crippen molar-refractivity contribution in [2.75, 3.05) is 13.2 Å². The van der Waals surface area contributed by atoms with Crippen LogP contribution in [0.15, 0.2) is 54.6 Å². The number of nitrogens with zero attached hydrogens (tertiary/aromatic N) is 2. The molecule has 3 aromatic rings. The number of hydrogen-bond acceptors (Lipinski definition) is 4. The Bertz CT molecular complexity index is 1020. The highest BCUT2D eigenvalue weighted by Crippen LogP contribution is 2.18. The highest BCUT2D eigenvalue weighted by Gasteiger charge is 2.16. The van der Waals surface area contributed by atoms with Crippen LogP contribution in [0.1, 0.15) is 34.5 Å². The quantitative estimate of drug-likeness (QED) is 0.425. The zero-order valence-electron chi connectivity index (χ0n) is 18.4. The van der Waals surface area contributed by atoms with Gasteiger partial charge in [-0.2, -0.15) is 5.10 Å². The Morgan fingerprint density at radius 1 is 1.00 bits per heavy atom. The molecule has 0 saturated heterocycles. The van der Waals surface area contributed by atoms with E-state index in [0.29, 0.717) is 19.4 Å². The molecule has 0 aliphatic heterocycles. The Morgan fingerprint density at radius 3 is 2.42 bits per heavy atom. The van der Waals surface area contributed by atoms with E-state index < -0.39 is 0 Å². The molecule has 3 rings (SSSR count). The molecular weight excluding hydrogens is 390 g/mol. The number of para-hydroxylation sites is 1. The van der Waals surface area contributed by atoms with Gasteiger partial charge in [-0.1, -0.05) is 48.0 Å². The molecule has 0 fully saturated rings. The van der Waals surface area contributed by atoms with Crippen LogP contribution in [0.3, 0.4) is 0 Å². The maximum atomic E-state index is 12.3. The van der Waals surface area contributed by atoms with Crippen molar-refractivity contribution in [3.8, 4) is 5.69 Å². The summed E-state index contributed by atoms with van der Waals surface area (Å²) in [7, 11) is 0. The predicted octanol–water partition coefficient (Wildman–Crippen LogP) is 3.63. The molecule has 6 heteroatoms. The molecule has 0 aliphatic rings. The van der Waals surface area contributed by atoms with Gasteiger partial charge in [0.2, 0.25) is 5.91 Å². The second kappa shape index (κ2) is 10.6. The maximum absolute atomic E-state index is 12.3. The smallest absolute Gasteiger partial charge is 0.310 e. The van der Waals surface area contributed by atoms with Gasteiger partial charge in [0.1, 0.15) is 6.61 Å². The maximum Gasteiger partial charge on any atom is 0.310 e. The summed E-state index contributed by atoms with van der Waals surface area (Å²) < 4.78 is 7.15. The van der Waals surface area contributed by atoms with Gasteiger partial charge in [0.25, 0.3) is 0 Å². The predicted molar refractivity (Wildman–Crippen MR) is 120 cm³/mol. The Balaban J connectivity index is 1.41. The van der Waals surface area contributed by atoms with Crippen LogP contribution in [-0.2, 0) is 27.2 Å². The van der Waals surface area contributed by atoms with E-state index in [1.54, 1.807) is 0 Å². The minimum absolute atomic E-state index is 0.0487. The number of ether oxygens (including phenoxy) is 1. The number of aryl methyl sites for hydroxylation is 3. The molecule has 1 amide bonds. The summed E-state index contributed by atoms with van der Waals surface area (Å²) in [4.78, 5) is 24.3. The van der Waals surface area contributed by atoms with Crippen LogP contribution in [0, 0.1) is 20.8 Å². The fourth-order valence-electron chi connectivity index (χ4n) is 3.40. The van der Waals surface area contributed by atoms with Crippen molar-refractivity contribution < 1.29 is 14.3 Å². The number of hydrogen-bond donors (Lipinski definition) is 1. The molecule has 6 nitrogen and oxygen atoms in total. The van der Waals surface area contributed by atoms with Gasteiger partial charge in [-0.05, 0) is 44.9 Å². The standard InChI is InChI=1S/C25H29N3O3/c1-18-9-11-21(12-10-18)13-14-24(29)26-15-16-31-25(30)17-23-19(2)27-28(20(23)3)22-7-5-4-6-8-22/h4-12H,13-17H2,1-3H3,(H,26,29). The first-order chi connectivity index (χ1) is 14.9. The number of amides is 1. The van der Waals surface area contributed by atoms with Crippen molar-refractivity contribution in [1.82, 2.24) is 15.1 Å². The van der Waals surface area contributed by atoms with E-state index >= 15 is 0 Å². The monoisotopic (exact) mass is 419 g/mol. The van der Waals surface area contributed by atoms with E-state index in [2.05, 4.69) is 10.4 Å². The molecule has 0 atom stereocenters. The molecule has 31 heavy (non-hydrogen) atoms. The lowest BCUT2D eigenvalue weighted by atomic mass is 10.1. The number of aromatic nitrogens is 2. The largest absolute Gasteiger partial charge is 0.464 e. The summed E-state index contributed by atoms with van der Waals surface area (Å²) in [5, 5.41) is 7.35. The lowest BCUT2D eigenvalue weighted by Crippen LogP contribution is -2.28. The van der Waals surface area contributed by atoms with Crippen LogP contribution in [0.25, 0.3) is 5.69 Å². The minimum Gasteiger partial charge on any atom is -0.464 e. The molecule has 1 aromatic heterocycles. The van der Waals surface area contributed by atoms with Crippen LogP contribution < -0.4 is 5.32 Å². The first-order valence-corrected chi connectivity index (χ1v) is 10.5. The number of rotatable bonds is 9. The minimum atomic E-state index is -0.326. The zero-order valence-corrected chi connectivity index (χ0v) is 18.4. The van der Waals surface area contributed by atoms with Crippen molar-refractivity contribution in [3.63, 3.8) is 0 Å². The van der Waals surface area contributed by atoms with Gasteiger partial charge in [-0.25, -0.2) is 4.68 Å². The van der Waals surface area contributed by atoms with Gasteiger partial charge in [-0.15, -0.1) is 0 Å². The normalized spacial score (nSPS) is 10.7. The zero-order chi connectivity index (χ0) is 22.2. The summed E-state index contributed by atoms with van der Waals surface area (Å²) in [6, 6.07) is 18.0. The Hall–Kier alpha value is -3.41. The van der Waals surface area contributed by atoms with Crippen molar-refractivity contribution >= 4 is 11.9 Å². The fourth-order valence-corrected chi connectivity index (χ4v) is 3.40. The topological polar surface area (TPSA) is 73.2 Å². The molecule has 1 heterocycles. The first kappa shape index (κ1) is 22.3. The number of carbonyl (C=O) groups is 2. The Labute approximate surface area is 183 Å². The highest BCUT2D eigenvalue weighted by atomic mass is 16.5. The third-order valence-corrected chi connectivity index (χ3v) is 5.21. The third kappa shape index (κ3) is 6.28. The average molecular weight is 420 g/mol. The van der Waals surface area contributed by atoms with E-state index in [1.807, 2.05) is 80.1 Å². The van der Waals surface area contributed by atoms with Gasteiger partial charge in [0.15, 0.2) is 0 Å². The van der Waals surface area contributed by atoms with E-state index in [9.17, 15) is 9.59 Å². The average Bonchev–Trinajstić information content (AvgIpc) is 3.05. The van der Waals surface area contributed by atoms with Gasteiger partial charge in [-0.3, -0.25) is 9.59 Å². The SMILES string of the molecule is Cc1ccc(CCC(=O)NCCOC(=O)Cc2c(C)nn(-c3ccccc3)c2C)cc1. The van der Waals surface area contributed by atoms with Crippen molar-refractivity contribution in [2.45, 2.75) is 40.0 Å². The van der Waals surface area contributed by atoms with Crippen LogP contribution >= 0.6 is 0 Å². The Kier molecular flexibility index (Phi) is 7.60. The number of esters is 1. The third-order valence-electron chi connectivity index (χ3n) is 5.21. The molecule has 0 spiro atoms. The highest BCUT2D eigenvalue weighted by molar-refractivity contribution is 5.76. The lowest BCUT2D eigenvalue weighted by Gasteiger charge is -2.08. The second-order valence-electron chi connectivity index (χ2n) is 7.63. The first-order valence-electron chi connectivity index (χ1n) is 10.5. The van der Waals surface area contributed by atoms with Gasteiger partial charge >= 0.3 is 5.97 Å². The summed E-state index contributed by atoms with van der Waals surface area (Å²) in [5.74, 6) is -0.375. The van der Waals surface area contributed by atoms with Crippen molar-refractivity contribution in [3.05, 3.63) is 82.7 Å². The molecule has 1 N–H and O–H groups in total. The molecule has 0 saturated carbocycles. The van der Waals surface area contributed by atoms with Crippen LogP contribution in [-0.4, -0.2) is 34.8 Å². The summed E-state index contributed by atoms with van der Waals surface area (Å²) in [6.45, 7) is 6.34. The van der Waals surface area contributed by atoms with Crippen LogP contribution in [0.4, 0.5) is 0 Å². The van der Waals surface area contributed by atoms with Crippen molar-refractivity contribution in [2.24, 2.45) is 0 Å². The Morgan fingerprint density at radius 2 is 1.71 bits per heavy atom. The molecule has 0 aliphatic carbocycles. The summed E-state index contributed by atoms with van der Waals surface area (Å²) in [5.41, 5.74) is 5.89. The van der Waals surface area contributed by atoms with Crippen molar-refractivity contribution in [1.29, 1.82) is 0 Å². The van der Waals surface area contributed by atoms with Gasteiger partial charge in [0.05, 0.1) is 24.3 Å². The van der Waals surface area contributed by atoms with Crippen LogP contribution in [0.2, 0.25) is 0 Å². The number of benzene rings is 2. The summed E-state index contributed by atoms with van der Waals surface area (Å²) >= 11 is 0. The number of nitrogens with one attached hydrogen (secondary N) is 1. The van der Waals surface area contributed by atoms with E-state index in [4.69, 9.17) is 4.74 Å². The molecule has 0 bridgehead atoms. The fraction of sp³-hybridized carbons (Fsp3) is 0.320. The molecule has 0 radical (unpaired) electrons. The molecule has 0 unspecified atom stereocenters. The van der Waals surface area contributed by atoms with E-state index in [-0.39, 0.29) is 24.9 Å². The molecule has 2 aromatic carbocycles. The van der Waals surface area contributed by atoms with Gasteiger partial charge < -0.3 is 10.1 Å². The second-order valence-corrected chi connectivity index (χ2v) is 7.63. The summed E-state index contributed by atoms with van der Waals surface area (Å²) in [6.07, 6.45) is 1.26. The molecular formula is C25H29N3O3. The van der Waals surface area contributed by atoms with E-state index in [0.717, 1.165) is 28.2 Å². The van der Waals surface area contributed by atoms with Crippen LogP contribution in [0.5, 0.6) is 0 Å². The lowest BCUT2D eigenvalue weighted by molar-refractivity contribution is -0.143. The number of carbonyl (C=O) groups excluding carboxylic acids is 2. The van der Waals surface area contributed by atoms with Gasteiger partial charge in [0, 0.05) is 17.7 Å². The van der Waals surface area contributed by atoms with E-state index in [1.165, 1.54) is 5.56 Å².